The van der Waals surface area contributed by atoms with Crippen LogP contribution >= 0.6 is 0 Å². The maximum absolute atomic E-state index is 12.6. The first-order valence-corrected chi connectivity index (χ1v) is 9.61. The molecular formula is C15H23F3OSi. The molecule has 20 heavy (non-hydrogen) atoms. The van der Waals surface area contributed by atoms with Crippen molar-refractivity contribution in [2.75, 3.05) is 7.11 Å². The van der Waals surface area contributed by atoms with Crippen LogP contribution in [0.25, 0.3) is 0 Å². The second kappa shape index (κ2) is 7.27. The highest BCUT2D eigenvalue weighted by Crippen LogP contribution is 2.30. The van der Waals surface area contributed by atoms with E-state index in [1.165, 1.54) is 12.1 Å². The van der Waals surface area contributed by atoms with Gasteiger partial charge in [-0.2, -0.15) is 13.2 Å². The van der Waals surface area contributed by atoms with E-state index >= 15 is 0 Å². The summed E-state index contributed by atoms with van der Waals surface area (Å²) in [5, 5.41) is 0. The summed E-state index contributed by atoms with van der Waals surface area (Å²) < 4.78 is 43.6. The van der Waals surface area contributed by atoms with Gasteiger partial charge in [0.25, 0.3) is 0 Å². The van der Waals surface area contributed by atoms with Crippen LogP contribution in [-0.2, 0) is 17.0 Å². The van der Waals surface area contributed by atoms with Crippen molar-refractivity contribution in [2.45, 2.75) is 51.0 Å². The number of alkyl halides is 3. The van der Waals surface area contributed by atoms with Crippen molar-refractivity contribution in [2.24, 2.45) is 0 Å². The van der Waals surface area contributed by atoms with Gasteiger partial charge in [-0.25, -0.2) is 0 Å². The van der Waals surface area contributed by atoms with Gasteiger partial charge in [-0.15, -0.1) is 0 Å². The topological polar surface area (TPSA) is 9.23 Å². The molecule has 0 atom stereocenters. The third kappa shape index (κ3) is 4.63. The standard InChI is InChI=1S/C15H23F3OSi/c1-4-20(5-2,19-3)11-7-9-13-8-6-10-14(12-13)15(16,17)18/h6,8,10,12H,4-5,7,9,11H2,1-3H3. The second-order valence-corrected chi connectivity index (χ2v) is 9.83. The Hall–Kier alpha value is -0.813. The summed E-state index contributed by atoms with van der Waals surface area (Å²) >= 11 is 0. The predicted molar refractivity (Wildman–Crippen MR) is 78.3 cm³/mol. The molecular weight excluding hydrogens is 281 g/mol. The van der Waals surface area contributed by atoms with E-state index in [2.05, 4.69) is 13.8 Å². The van der Waals surface area contributed by atoms with Crippen molar-refractivity contribution in [1.82, 2.24) is 0 Å². The number of benzene rings is 1. The van der Waals surface area contributed by atoms with Crippen LogP contribution in [-0.4, -0.2) is 15.4 Å². The molecule has 0 aromatic heterocycles. The van der Waals surface area contributed by atoms with Gasteiger partial charge in [-0.3, -0.25) is 0 Å². The Balaban J connectivity index is 2.62. The Bertz CT molecular complexity index is 406. The lowest BCUT2D eigenvalue weighted by atomic mass is 10.1. The Labute approximate surface area is 120 Å². The smallest absolute Gasteiger partial charge is 0.416 e. The molecule has 0 saturated carbocycles. The molecule has 0 heterocycles. The van der Waals surface area contributed by atoms with E-state index in [1.807, 2.05) is 0 Å². The van der Waals surface area contributed by atoms with Crippen LogP contribution in [0.2, 0.25) is 18.1 Å². The van der Waals surface area contributed by atoms with Crippen LogP contribution in [0.3, 0.4) is 0 Å². The maximum Gasteiger partial charge on any atom is 0.416 e. The first kappa shape index (κ1) is 17.2. The van der Waals surface area contributed by atoms with E-state index in [4.69, 9.17) is 4.43 Å². The zero-order chi connectivity index (χ0) is 15.2. The third-order valence-electron chi connectivity index (χ3n) is 4.07. The highest BCUT2D eigenvalue weighted by atomic mass is 28.4. The van der Waals surface area contributed by atoms with Gasteiger partial charge in [0.15, 0.2) is 8.32 Å². The lowest BCUT2D eigenvalue weighted by Crippen LogP contribution is -2.35. The molecule has 0 fully saturated rings. The minimum absolute atomic E-state index is 0.559. The van der Waals surface area contributed by atoms with Gasteiger partial charge in [0.05, 0.1) is 5.56 Å². The molecule has 0 spiro atoms. The predicted octanol–water partition coefficient (Wildman–Crippen LogP) is 5.27. The fourth-order valence-corrected chi connectivity index (χ4v) is 5.32. The Morgan fingerprint density at radius 1 is 1.15 bits per heavy atom. The number of halogens is 3. The van der Waals surface area contributed by atoms with E-state index in [0.717, 1.165) is 36.2 Å². The Kier molecular flexibility index (Phi) is 6.26. The van der Waals surface area contributed by atoms with E-state index in [9.17, 15) is 13.2 Å². The molecule has 0 N–H and O–H groups in total. The average molecular weight is 304 g/mol. The molecule has 1 nitrogen and oxygen atoms in total. The molecule has 0 amide bonds. The number of hydrogen-bond donors (Lipinski definition) is 0. The minimum atomic E-state index is -4.26. The van der Waals surface area contributed by atoms with Crippen molar-refractivity contribution in [1.29, 1.82) is 0 Å². The van der Waals surface area contributed by atoms with Gasteiger partial charge in [0, 0.05) is 7.11 Å². The van der Waals surface area contributed by atoms with E-state index in [0.29, 0.717) is 6.42 Å². The molecule has 0 aliphatic rings. The Morgan fingerprint density at radius 2 is 1.80 bits per heavy atom. The number of aryl methyl sites for hydroxylation is 1. The van der Waals surface area contributed by atoms with Crippen LogP contribution in [0.15, 0.2) is 24.3 Å². The maximum atomic E-state index is 12.6. The van der Waals surface area contributed by atoms with E-state index in [-0.39, 0.29) is 0 Å². The van der Waals surface area contributed by atoms with Crippen molar-refractivity contribution in [3.63, 3.8) is 0 Å². The molecule has 0 unspecified atom stereocenters. The molecule has 114 valence electrons. The number of rotatable bonds is 7. The van der Waals surface area contributed by atoms with Crippen LogP contribution in [0.1, 0.15) is 31.4 Å². The summed E-state index contributed by atoms with van der Waals surface area (Å²) in [6, 6.07) is 8.75. The SMILES string of the molecule is CC[Si](CC)(CCCc1cccc(C(F)(F)F)c1)OC. The zero-order valence-corrected chi connectivity index (χ0v) is 13.4. The fourth-order valence-electron chi connectivity index (χ4n) is 2.51. The normalized spacial score (nSPS) is 12.7. The minimum Gasteiger partial charge on any atom is -0.420 e. The van der Waals surface area contributed by atoms with Crippen LogP contribution in [0, 0.1) is 0 Å². The monoisotopic (exact) mass is 304 g/mol. The van der Waals surface area contributed by atoms with Gasteiger partial charge in [-0.1, -0.05) is 32.0 Å². The Morgan fingerprint density at radius 3 is 2.30 bits per heavy atom. The highest BCUT2D eigenvalue weighted by Gasteiger charge is 2.31. The largest absolute Gasteiger partial charge is 0.420 e. The molecule has 0 saturated heterocycles. The molecule has 0 radical (unpaired) electrons. The molecule has 0 aliphatic carbocycles. The summed E-state index contributed by atoms with van der Waals surface area (Å²) in [7, 11) is 0.124. The van der Waals surface area contributed by atoms with Gasteiger partial charge in [0.1, 0.15) is 0 Å². The summed E-state index contributed by atoms with van der Waals surface area (Å²) in [4.78, 5) is 0. The quantitative estimate of drug-likeness (QED) is 0.624. The summed E-state index contributed by atoms with van der Waals surface area (Å²) in [5.74, 6) is 0. The third-order valence-corrected chi connectivity index (χ3v) is 8.78. The fraction of sp³-hybridized carbons (Fsp3) is 0.600. The lowest BCUT2D eigenvalue weighted by molar-refractivity contribution is -0.137. The van der Waals surface area contributed by atoms with Crippen molar-refractivity contribution in [3.05, 3.63) is 35.4 Å². The van der Waals surface area contributed by atoms with Gasteiger partial charge in [-0.05, 0) is 42.6 Å². The lowest BCUT2D eigenvalue weighted by Gasteiger charge is -2.27. The molecule has 1 aromatic rings. The zero-order valence-electron chi connectivity index (χ0n) is 12.4. The summed E-state index contributed by atoms with van der Waals surface area (Å²) in [6.07, 6.45) is -2.68. The highest BCUT2D eigenvalue weighted by molar-refractivity contribution is 6.73. The van der Waals surface area contributed by atoms with Crippen LogP contribution in [0.5, 0.6) is 0 Å². The molecule has 1 aromatic carbocycles. The van der Waals surface area contributed by atoms with Crippen molar-refractivity contribution >= 4 is 8.32 Å². The van der Waals surface area contributed by atoms with E-state index < -0.39 is 20.1 Å². The van der Waals surface area contributed by atoms with Crippen LogP contribution in [0.4, 0.5) is 13.2 Å². The van der Waals surface area contributed by atoms with Gasteiger partial charge < -0.3 is 4.43 Å². The van der Waals surface area contributed by atoms with E-state index in [1.54, 1.807) is 13.2 Å². The van der Waals surface area contributed by atoms with Gasteiger partial charge >= 0.3 is 6.18 Å². The van der Waals surface area contributed by atoms with Crippen LogP contribution < -0.4 is 0 Å². The first-order valence-electron chi connectivity index (χ1n) is 7.08. The number of hydrogen-bond acceptors (Lipinski definition) is 1. The molecule has 5 heteroatoms. The van der Waals surface area contributed by atoms with Gasteiger partial charge in [0.2, 0.25) is 0 Å². The average Bonchev–Trinajstić information content (AvgIpc) is 2.44. The first-order chi connectivity index (χ1) is 9.37. The summed E-state index contributed by atoms with van der Waals surface area (Å²) in [6.45, 7) is 4.28. The molecule has 0 bridgehead atoms. The molecule has 1 rings (SSSR count). The van der Waals surface area contributed by atoms with Crippen molar-refractivity contribution < 1.29 is 17.6 Å². The second-order valence-electron chi connectivity index (χ2n) is 5.15. The molecule has 0 aliphatic heterocycles. The summed E-state index contributed by atoms with van der Waals surface area (Å²) in [5.41, 5.74) is 0.197. The van der Waals surface area contributed by atoms with Crippen molar-refractivity contribution in [3.8, 4) is 0 Å².